The molecule has 0 spiro atoms. The Hall–Kier alpha value is -0.860. The monoisotopic (exact) mass is 231 g/mol. The Bertz CT molecular complexity index is 378. The molecule has 1 N–H and O–H groups in total. The van der Waals surface area contributed by atoms with Gasteiger partial charge in [0.25, 0.3) is 0 Å². The van der Waals surface area contributed by atoms with Gasteiger partial charge in [-0.15, -0.1) is 0 Å². The Labute approximate surface area is 103 Å². The molecule has 2 nitrogen and oxygen atoms in total. The van der Waals surface area contributed by atoms with E-state index in [0.29, 0.717) is 6.61 Å². The molecule has 2 atom stereocenters. The van der Waals surface area contributed by atoms with Crippen LogP contribution in [0.2, 0.25) is 0 Å². The summed E-state index contributed by atoms with van der Waals surface area (Å²) in [5, 5.41) is 9.68. The van der Waals surface area contributed by atoms with Crippen LogP contribution in [-0.4, -0.2) is 29.7 Å². The Morgan fingerprint density at radius 2 is 2.12 bits per heavy atom. The molecule has 2 fully saturated rings. The van der Waals surface area contributed by atoms with Crippen LogP contribution in [0, 0.1) is 11.3 Å². The second-order valence-corrected chi connectivity index (χ2v) is 5.76. The van der Waals surface area contributed by atoms with E-state index in [1.54, 1.807) is 0 Å². The number of nitrogens with zero attached hydrogens (tertiary/aromatic N) is 1. The molecule has 1 heterocycles. The largest absolute Gasteiger partial charge is 0.396 e. The van der Waals surface area contributed by atoms with Crippen molar-refractivity contribution in [3.05, 3.63) is 35.9 Å². The zero-order valence-corrected chi connectivity index (χ0v) is 10.3. The smallest absolute Gasteiger partial charge is 0.0502 e. The van der Waals surface area contributed by atoms with E-state index in [2.05, 4.69) is 35.2 Å². The number of benzene rings is 1. The maximum atomic E-state index is 9.68. The van der Waals surface area contributed by atoms with Crippen molar-refractivity contribution in [2.45, 2.75) is 25.8 Å². The van der Waals surface area contributed by atoms with Gasteiger partial charge in [-0.2, -0.15) is 0 Å². The Kier molecular flexibility index (Phi) is 2.93. The lowest BCUT2D eigenvalue weighted by molar-refractivity contribution is 0.111. The van der Waals surface area contributed by atoms with E-state index >= 15 is 0 Å². The van der Waals surface area contributed by atoms with Crippen molar-refractivity contribution >= 4 is 0 Å². The predicted molar refractivity (Wildman–Crippen MR) is 68.6 cm³/mol. The maximum Gasteiger partial charge on any atom is 0.0502 e. The highest BCUT2D eigenvalue weighted by molar-refractivity contribution is 5.15. The van der Waals surface area contributed by atoms with Crippen LogP contribution in [0.3, 0.4) is 0 Å². The van der Waals surface area contributed by atoms with Crippen molar-refractivity contribution in [3.8, 4) is 0 Å². The van der Waals surface area contributed by atoms with E-state index in [1.807, 2.05) is 0 Å². The van der Waals surface area contributed by atoms with Gasteiger partial charge in [0.2, 0.25) is 0 Å². The summed E-state index contributed by atoms with van der Waals surface area (Å²) in [6.07, 6.45) is 3.84. The topological polar surface area (TPSA) is 23.5 Å². The second kappa shape index (κ2) is 4.43. The van der Waals surface area contributed by atoms with Crippen molar-refractivity contribution < 1.29 is 5.11 Å². The number of aliphatic hydroxyl groups is 1. The first-order chi connectivity index (χ1) is 8.32. The molecule has 0 bridgehead atoms. The Balaban J connectivity index is 1.68. The van der Waals surface area contributed by atoms with Crippen LogP contribution in [0.4, 0.5) is 0 Å². The third-order valence-corrected chi connectivity index (χ3v) is 4.67. The van der Waals surface area contributed by atoms with Gasteiger partial charge in [-0.1, -0.05) is 36.8 Å². The molecule has 1 aliphatic heterocycles. The van der Waals surface area contributed by atoms with Gasteiger partial charge in [-0.05, 0) is 24.3 Å². The van der Waals surface area contributed by atoms with Crippen molar-refractivity contribution in [1.82, 2.24) is 4.90 Å². The van der Waals surface area contributed by atoms with Crippen molar-refractivity contribution in [3.63, 3.8) is 0 Å². The minimum absolute atomic E-state index is 0.231. The molecule has 2 heteroatoms. The molecule has 1 saturated heterocycles. The van der Waals surface area contributed by atoms with Crippen molar-refractivity contribution in [1.29, 1.82) is 0 Å². The zero-order chi connectivity index (χ0) is 11.7. The molecular formula is C15H21NO. The van der Waals surface area contributed by atoms with Crippen LogP contribution in [-0.2, 0) is 6.54 Å². The summed E-state index contributed by atoms with van der Waals surface area (Å²) in [6, 6.07) is 10.7. The summed E-state index contributed by atoms with van der Waals surface area (Å²) in [4.78, 5) is 2.52. The third-order valence-electron chi connectivity index (χ3n) is 4.67. The van der Waals surface area contributed by atoms with Gasteiger partial charge in [-0.3, -0.25) is 4.90 Å². The minimum atomic E-state index is 0.231. The van der Waals surface area contributed by atoms with E-state index in [4.69, 9.17) is 0 Å². The fraction of sp³-hybridized carbons (Fsp3) is 0.600. The number of hydrogen-bond donors (Lipinski definition) is 1. The first-order valence-corrected chi connectivity index (χ1v) is 6.69. The molecule has 0 aromatic heterocycles. The van der Waals surface area contributed by atoms with E-state index in [-0.39, 0.29) is 5.41 Å². The van der Waals surface area contributed by atoms with E-state index in [0.717, 1.165) is 19.0 Å². The molecule has 17 heavy (non-hydrogen) atoms. The average Bonchev–Trinajstić information content (AvgIpc) is 2.87. The molecule has 0 amide bonds. The van der Waals surface area contributed by atoms with Gasteiger partial charge < -0.3 is 5.11 Å². The SMILES string of the molecule is OC[C@@]12CCCC1CN(Cc1ccccc1)C2. The van der Waals surface area contributed by atoms with Gasteiger partial charge in [-0.25, -0.2) is 0 Å². The number of aliphatic hydroxyl groups excluding tert-OH is 1. The number of likely N-dealkylation sites (tertiary alicyclic amines) is 1. The predicted octanol–water partition coefficient (Wildman–Crippen LogP) is 2.28. The summed E-state index contributed by atoms with van der Waals surface area (Å²) >= 11 is 0. The Morgan fingerprint density at radius 1 is 1.29 bits per heavy atom. The van der Waals surface area contributed by atoms with Crippen LogP contribution < -0.4 is 0 Å². The molecule has 2 aliphatic rings. The molecule has 1 aromatic rings. The molecule has 1 saturated carbocycles. The first-order valence-electron chi connectivity index (χ1n) is 6.69. The maximum absolute atomic E-state index is 9.68. The van der Waals surface area contributed by atoms with Gasteiger partial charge in [0.1, 0.15) is 0 Å². The van der Waals surface area contributed by atoms with Crippen LogP contribution >= 0.6 is 0 Å². The van der Waals surface area contributed by atoms with Crippen LogP contribution in [0.5, 0.6) is 0 Å². The van der Waals surface area contributed by atoms with Gasteiger partial charge in [0, 0.05) is 25.0 Å². The highest BCUT2D eigenvalue weighted by atomic mass is 16.3. The summed E-state index contributed by atoms with van der Waals surface area (Å²) in [5.41, 5.74) is 1.62. The van der Waals surface area contributed by atoms with Gasteiger partial charge in [0.15, 0.2) is 0 Å². The normalized spacial score (nSPS) is 32.9. The average molecular weight is 231 g/mol. The van der Waals surface area contributed by atoms with Crippen molar-refractivity contribution in [2.75, 3.05) is 19.7 Å². The summed E-state index contributed by atoms with van der Waals surface area (Å²) < 4.78 is 0. The lowest BCUT2D eigenvalue weighted by Gasteiger charge is -2.26. The lowest BCUT2D eigenvalue weighted by Crippen LogP contribution is -2.30. The Morgan fingerprint density at radius 3 is 2.82 bits per heavy atom. The number of fused-ring (bicyclic) bond motifs is 1. The van der Waals surface area contributed by atoms with Gasteiger partial charge in [0.05, 0.1) is 6.61 Å². The quantitative estimate of drug-likeness (QED) is 0.862. The van der Waals surface area contributed by atoms with Crippen molar-refractivity contribution in [2.24, 2.45) is 11.3 Å². The standard InChI is InChI=1S/C15H21NO/c17-12-15-8-4-7-14(15)10-16(11-15)9-13-5-2-1-3-6-13/h1-3,5-6,14,17H,4,7-12H2/t14?,15-/m0/s1. The molecule has 1 aromatic carbocycles. The van der Waals surface area contributed by atoms with Crippen LogP contribution in [0.15, 0.2) is 30.3 Å². The van der Waals surface area contributed by atoms with Crippen LogP contribution in [0.1, 0.15) is 24.8 Å². The first kappa shape index (κ1) is 11.2. The van der Waals surface area contributed by atoms with E-state index < -0.39 is 0 Å². The highest BCUT2D eigenvalue weighted by Crippen LogP contribution is 2.48. The number of hydrogen-bond acceptors (Lipinski definition) is 2. The minimum Gasteiger partial charge on any atom is -0.396 e. The van der Waals surface area contributed by atoms with Gasteiger partial charge >= 0.3 is 0 Å². The van der Waals surface area contributed by atoms with E-state index in [9.17, 15) is 5.11 Å². The third kappa shape index (κ3) is 2.00. The van der Waals surface area contributed by atoms with Crippen LogP contribution in [0.25, 0.3) is 0 Å². The number of rotatable bonds is 3. The highest BCUT2D eigenvalue weighted by Gasteiger charge is 2.48. The summed E-state index contributed by atoms with van der Waals surface area (Å²) in [5.74, 6) is 0.733. The zero-order valence-electron chi connectivity index (χ0n) is 10.3. The molecule has 1 aliphatic carbocycles. The molecule has 1 unspecified atom stereocenters. The molecule has 92 valence electrons. The summed E-state index contributed by atoms with van der Waals surface area (Å²) in [7, 11) is 0. The fourth-order valence-corrected chi connectivity index (χ4v) is 3.75. The molecular weight excluding hydrogens is 210 g/mol. The molecule has 3 rings (SSSR count). The van der Waals surface area contributed by atoms with E-state index in [1.165, 1.54) is 31.4 Å². The lowest BCUT2D eigenvalue weighted by atomic mass is 9.82. The second-order valence-electron chi connectivity index (χ2n) is 5.76. The summed E-state index contributed by atoms with van der Waals surface area (Å²) in [6.45, 7) is 3.68. The fourth-order valence-electron chi connectivity index (χ4n) is 3.75. The molecule has 0 radical (unpaired) electrons.